The quantitative estimate of drug-likeness (QED) is 0.846. The highest BCUT2D eigenvalue weighted by Gasteiger charge is 2.32. The fourth-order valence-corrected chi connectivity index (χ4v) is 2.55. The number of nitrogens with zero attached hydrogens (tertiary/aromatic N) is 1. The van der Waals surface area contributed by atoms with Gasteiger partial charge in [0.15, 0.2) is 5.78 Å². The molecule has 1 unspecified atom stereocenters. The molecule has 23 heavy (non-hydrogen) atoms. The zero-order valence-corrected chi connectivity index (χ0v) is 12.9. The Hall–Kier alpha value is -2.22. The van der Waals surface area contributed by atoms with Crippen molar-refractivity contribution in [3.8, 4) is 0 Å². The van der Waals surface area contributed by atoms with E-state index in [9.17, 15) is 22.8 Å². The first-order chi connectivity index (χ1) is 10.8. The molecule has 2 rings (SSSR count). The van der Waals surface area contributed by atoms with E-state index < -0.39 is 23.8 Å². The van der Waals surface area contributed by atoms with Crippen molar-refractivity contribution in [3.05, 3.63) is 52.0 Å². The minimum atomic E-state index is -4.55. The average Bonchev–Trinajstić information content (AvgIpc) is 3.00. The van der Waals surface area contributed by atoms with E-state index in [1.54, 1.807) is 24.4 Å². The first-order valence-electron chi connectivity index (χ1n) is 6.68. The molecule has 4 nitrogen and oxygen atoms in total. The Balaban J connectivity index is 1.94. The summed E-state index contributed by atoms with van der Waals surface area (Å²) in [5.41, 5.74) is -1.05. The Morgan fingerprint density at radius 1 is 1.30 bits per heavy atom. The van der Waals surface area contributed by atoms with Crippen LogP contribution in [0, 0.1) is 0 Å². The number of thiophene rings is 1. The van der Waals surface area contributed by atoms with Crippen LogP contribution in [0.3, 0.4) is 0 Å². The van der Waals surface area contributed by atoms with Gasteiger partial charge in [-0.25, -0.2) is 0 Å². The molecule has 0 aromatic carbocycles. The maximum Gasteiger partial charge on any atom is 0.433 e. The van der Waals surface area contributed by atoms with Gasteiger partial charge in [-0.1, -0.05) is 6.07 Å². The van der Waals surface area contributed by atoms with Crippen LogP contribution in [0.4, 0.5) is 13.2 Å². The third-order valence-electron chi connectivity index (χ3n) is 2.98. The number of carbonyl (C=O) groups is 2. The molecule has 0 fully saturated rings. The molecule has 0 radical (unpaired) electrons. The van der Waals surface area contributed by atoms with Crippen LogP contribution in [-0.4, -0.2) is 22.7 Å². The lowest BCUT2D eigenvalue weighted by Crippen LogP contribution is -2.34. The van der Waals surface area contributed by atoms with Gasteiger partial charge in [0.2, 0.25) is 0 Å². The first kappa shape index (κ1) is 17.1. The van der Waals surface area contributed by atoms with Crippen LogP contribution in [0.25, 0.3) is 0 Å². The molecule has 1 N–H and O–H groups in total. The number of aromatic nitrogens is 1. The summed E-state index contributed by atoms with van der Waals surface area (Å²) >= 11 is 1.31. The number of alkyl halides is 3. The molecular formula is C15H13F3N2O2S. The summed E-state index contributed by atoms with van der Waals surface area (Å²) in [6.45, 7) is 1.65. The number of Topliss-reactive ketones (excluding diaryl/α,β-unsaturated/α-hetero) is 1. The Morgan fingerprint density at radius 3 is 2.57 bits per heavy atom. The van der Waals surface area contributed by atoms with Gasteiger partial charge in [-0.3, -0.25) is 14.6 Å². The number of rotatable bonds is 5. The van der Waals surface area contributed by atoms with Crippen LogP contribution in [0.15, 0.2) is 35.8 Å². The van der Waals surface area contributed by atoms with Crippen LogP contribution >= 0.6 is 11.3 Å². The van der Waals surface area contributed by atoms with E-state index in [1.165, 1.54) is 11.3 Å². The lowest BCUT2D eigenvalue weighted by atomic mass is 10.1. The number of pyridine rings is 1. The fourth-order valence-electron chi connectivity index (χ4n) is 1.87. The number of hydrogen-bond donors (Lipinski definition) is 1. The third-order valence-corrected chi connectivity index (χ3v) is 3.89. The molecule has 122 valence electrons. The molecule has 0 spiro atoms. The highest BCUT2D eigenvalue weighted by Crippen LogP contribution is 2.27. The summed E-state index contributed by atoms with van der Waals surface area (Å²) in [6, 6.07) is 4.81. The standard InChI is InChI=1S/C15H13F3N2O2S/c1-9(7-11(21)12-3-2-6-23-12)20-14(22)10-4-5-13(19-8-10)15(16,17)18/h2-6,8-9H,7H2,1H3,(H,20,22). The normalized spacial score (nSPS) is 12.7. The molecule has 8 heteroatoms. The van der Waals surface area contributed by atoms with Crippen LogP contribution < -0.4 is 5.32 Å². The zero-order chi connectivity index (χ0) is 17.0. The van der Waals surface area contributed by atoms with Crippen molar-refractivity contribution >= 4 is 23.0 Å². The predicted molar refractivity (Wildman–Crippen MR) is 79.4 cm³/mol. The van der Waals surface area contributed by atoms with Gasteiger partial charge in [-0.2, -0.15) is 13.2 Å². The van der Waals surface area contributed by atoms with Crippen molar-refractivity contribution in [2.45, 2.75) is 25.6 Å². The largest absolute Gasteiger partial charge is 0.433 e. The highest BCUT2D eigenvalue weighted by molar-refractivity contribution is 7.12. The minimum Gasteiger partial charge on any atom is -0.349 e. The number of halogens is 3. The highest BCUT2D eigenvalue weighted by atomic mass is 32.1. The summed E-state index contributed by atoms with van der Waals surface area (Å²) in [5, 5.41) is 4.35. The van der Waals surface area contributed by atoms with Gasteiger partial charge in [0.05, 0.1) is 10.4 Å². The molecule has 0 saturated carbocycles. The summed E-state index contributed by atoms with van der Waals surface area (Å²) in [7, 11) is 0. The predicted octanol–water partition coefficient (Wildman–Crippen LogP) is 3.55. The second kappa shape index (κ2) is 6.91. The topological polar surface area (TPSA) is 59.1 Å². The van der Waals surface area contributed by atoms with E-state index in [1.807, 2.05) is 0 Å². The molecule has 2 aromatic rings. The van der Waals surface area contributed by atoms with Crippen molar-refractivity contribution in [3.63, 3.8) is 0 Å². The molecule has 0 aliphatic carbocycles. The van der Waals surface area contributed by atoms with E-state index in [4.69, 9.17) is 0 Å². The first-order valence-corrected chi connectivity index (χ1v) is 7.56. The maximum absolute atomic E-state index is 12.4. The van der Waals surface area contributed by atoms with Crippen LogP contribution in [0.2, 0.25) is 0 Å². The molecule has 1 amide bonds. The van der Waals surface area contributed by atoms with Crippen molar-refractivity contribution in [1.29, 1.82) is 0 Å². The van der Waals surface area contributed by atoms with Crippen LogP contribution in [0.1, 0.15) is 39.1 Å². The molecular weight excluding hydrogens is 329 g/mol. The van der Waals surface area contributed by atoms with Gasteiger partial charge < -0.3 is 5.32 Å². The molecule has 0 saturated heterocycles. The summed E-state index contributed by atoms with van der Waals surface area (Å²) in [4.78, 5) is 27.7. The van der Waals surface area contributed by atoms with Gasteiger partial charge in [-0.15, -0.1) is 11.3 Å². The number of nitrogens with one attached hydrogen (secondary N) is 1. The average molecular weight is 342 g/mol. The summed E-state index contributed by atoms with van der Waals surface area (Å²) in [5.74, 6) is -0.670. The van der Waals surface area contributed by atoms with E-state index in [-0.39, 0.29) is 17.8 Å². The fraction of sp³-hybridized carbons (Fsp3) is 0.267. The molecule has 1 atom stereocenters. The lowest BCUT2D eigenvalue weighted by molar-refractivity contribution is -0.141. The van der Waals surface area contributed by atoms with Crippen molar-refractivity contribution < 1.29 is 22.8 Å². The number of amides is 1. The lowest BCUT2D eigenvalue weighted by Gasteiger charge is -2.13. The molecule has 2 aromatic heterocycles. The third kappa shape index (κ3) is 4.62. The Morgan fingerprint density at radius 2 is 2.04 bits per heavy atom. The van der Waals surface area contributed by atoms with E-state index >= 15 is 0 Å². The van der Waals surface area contributed by atoms with Gasteiger partial charge in [0.25, 0.3) is 5.91 Å². The molecule has 0 aliphatic rings. The van der Waals surface area contributed by atoms with Crippen LogP contribution in [0.5, 0.6) is 0 Å². The number of carbonyl (C=O) groups excluding carboxylic acids is 2. The van der Waals surface area contributed by atoms with Crippen LogP contribution in [-0.2, 0) is 6.18 Å². The summed E-state index contributed by atoms with van der Waals surface area (Å²) in [6.07, 6.45) is -3.57. The van der Waals surface area contributed by atoms with E-state index in [0.29, 0.717) is 4.88 Å². The number of ketones is 1. The van der Waals surface area contributed by atoms with E-state index in [0.717, 1.165) is 18.3 Å². The number of hydrogen-bond acceptors (Lipinski definition) is 4. The molecule has 0 aliphatic heterocycles. The molecule has 2 heterocycles. The minimum absolute atomic E-state index is 0.00780. The van der Waals surface area contributed by atoms with Crippen molar-refractivity contribution in [1.82, 2.24) is 10.3 Å². The van der Waals surface area contributed by atoms with Gasteiger partial charge in [0.1, 0.15) is 5.69 Å². The Bertz CT molecular complexity index is 682. The van der Waals surface area contributed by atoms with Crippen molar-refractivity contribution in [2.24, 2.45) is 0 Å². The summed E-state index contributed by atoms with van der Waals surface area (Å²) < 4.78 is 37.2. The molecule has 0 bridgehead atoms. The monoisotopic (exact) mass is 342 g/mol. The van der Waals surface area contributed by atoms with Gasteiger partial charge in [-0.05, 0) is 30.5 Å². The zero-order valence-electron chi connectivity index (χ0n) is 12.1. The SMILES string of the molecule is CC(CC(=O)c1cccs1)NC(=O)c1ccc(C(F)(F)F)nc1. The van der Waals surface area contributed by atoms with E-state index in [2.05, 4.69) is 10.3 Å². The van der Waals surface area contributed by atoms with Crippen molar-refractivity contribution in [2.75, 3.05) is 0 Å². The Labute approximate surface area is 134 Å². The maximum atomic E-state index is 12.4. The second-order valence-corrected chi connectivity index (χ2v) is 5.86. The smallest absolute Gasteiger partial charge is 0.349 e. The van der Waals surface area contributed by atoms with Gasteiger partial charge >= 0.3 is 6.18 Å². The van der Waals surface area contributed by atoms with Gasteiger partial charge in [0, 0.05) is 18.7 Å². The second-order valence-electron chi connectivity index (χ2n) is 4.91. The Kier molecular flexibility index (Phi) is 5.15.